The van der Waals surface area contributed by atoms with Crippen LogP contribution in [0.15, 0.2) is 48.5 Å². The fourth-order valence-electron chi connectivity index (χ4n) is 2.72. The van der Waals surface area contributed by atoms with Crippen LogP contribution in [0.4, 0.5) is 5.69 Å². The number of benzene rings is 2. The summed E-state index contributed by atoms with van der Waals surface area (Å²) in [4.78, 5) is 46.8. The van der Waals surface area contributed by atoms with E-state index in [1.807, 2.05) is 0 Å². The lowest BCUT2D eigenvalue weighted by Crippen LogP contribution is -2.51. The first kappa shape index (κ1) is 24.5. The maximum absolute atomic E-state index is 12.3. The number of hydroxylamine groups is 1. The molecule has 0 spiro atoms. The normalized spacial score (nSPS) is 12.2. The van der Waals surface area contributed by atoms with Crippen molar-refractivity contribution in [3.05, 3.63) is 54.1 Å². The van der Waals surface area contributed by atoms with E-state index in [4.69, 9.17) is 10.9 Å². The number of carbonyl (C=O) groups is 4. The monoisotopic (exact) mass is 443 g/mol. The molecule has 0 heterocycles. The van der Waals surface area contributed by atoms with Gasteiger partial charge in [0.1, 0.15) is 6.04 Å². The summed E-state index contributed by atoms with van der Waals surface area (Å²) in [5.41, 5.74) is 8.99. The van der Waals surface area contributed by atoms with Gasteiger partial charge in [-0.05, 0) is 42.3 Å². The third-order valence-electron chi connectivity index (χ3n) is 4.44. The summed E-state index contributed by atoms with van der Waals surface area (Å²) in [5.74, 6) is -2.34. The van der Waals surface area contributed by atoms with Gasteiger partial charge >= 0.3 is 0 Å². The van der Waals surface area contributed by atoms with Crippen molar-refractivity contribution in [3.63, 3.8) is 0 Å². The Balaban J connectivity index is 2.00. The third kappa shape index (κ3) is 6.87. The molecule has 0 aliphatic carbocycles. The Kier molecular flexibility index (Phi) is 8.83. The van der Waals surface area contributed by atoms with Gasteiger partial charge in [-0.2, -0.15) is 0 Å². The lowest BCUT2D eigenvalue weighted by molar-refractivity contribution is -0.133. The van der Waals surface area contributed by atoms with Crippen LogP contribution in [0.25, 0.3) is 11.1 Å². The second-order valence-electron chi connectivity index (χ2n) is 6.85. The highest BCUT2D eigenvalue weighted by Crippen LogP contribution is 2.22. The van der Waals surface area contributed by atoms with Gasteiger partial charge in [0.2, 0.25) is 11.8 Å². The minimum Gasteiger partial charge on any atom is -0.391 e. The molecule has 0 unspecified atom stereocenters. The van der Waals surface area contributed by atoms with Gasteiger partial charge in [0, 0.05) is 11.3 Å². The van der Waals surface area contributed by atoms with Crippen LogP contribution in [-0.2, 0) is 14.4 Å². The van der Waals surface area contributed by atoms with Crippen LogP contribution in [0.2, 0.25) is 0 Å². The minimum absolute atomic E-state index is 0.183. The molecule has 0 aliphatic heterocycles. The quantitative estimate of drug-likeness (QED) is 0.198. The average Bonchev–Trinajstić information content (AvgIpc) is 2.80. The number of aliphatic hydroxyl groups is 1. The summed E-state index contributed by atoms with van der Waals surface area (Å²) in [5, 5.41) is 25.7. The van der Waals surface area contributed by atoms with Gasteiger partial charge in [0.05, 0.1) is 19.2 Å². The topological polar surface area (TPSA) is 183 Å². The Bertz CT molecular complexity index is 960. The molecule has 2 aromatic rings. The van der Waals surface area contributed by atoms with Crippen LogP contribution in [0.3, 0.4) is 0 Å². The summed E-state index contributed by atoms with van der Waals surface area (Å²) in [7, 11) is 0. The molecule has 11 nitrogen and oxygen atoms in total. The molecule has 2 rings (SSSR count). The average molecular weight is 443 g/mol. The highest BCUT2D eigenvalue weighted by atomic mass is 16.5. The molecule has 11 heteroatoms. The van der Waals surface area contributed by atoms with Crippen molar-refractivity contribution >= 4 is 29.3 Å². The molecule has 0 saturated heterocycles. The highest BCUT2D eigenvalue weighted by Gasteiger charge is 2.25. The molecular weight excluding hydrogens is 418 g/mol. The van der Waals surface area contributed by atoms with E-state index in [1.165, 1.54) is 12.4 Å². The molecule has 0 aromatic heterocycles. The zero-order valence-corrected chi connectivity index (χ0v) is 17.3. The second-order valence-corrected chi connectivity index (χ2v) is 6.85. The first-order valence-corrected chi connectivity index (χ1v) is 9.65. The third-order valence-corrected chi connectivity index (χ3v) is 4.44. The Hall–Kier alpha value is -3.80. The smallest absolute Gasteiger partial charge is 0.268 e. The first-order chi connectivity index (χ1) is 15.2. The van der Waals surface area contributed by atoms with E-state index >= 15 is 0 Å². The summed E-state index contributed by atoms with van der Waals surface area (Å²) in [6.07, 6.45) is -1.21. The summed E-state index contributed by atoms with van der Waals surface area (Å²) in [6.45, 7) is 0.935. The minimum atomic E-state index is -1.31. The number of hydrogen-bond acceptors (Lipinski definition) is 7. The second kappa shape index (κ2) is 11.6. The molecule has 4 amide bonds. The Morgan fingerprint density at radius 2 is 1.50 bits per heavy atom. The summed E-state index contributed by atoms with van der Waals surface area (Å²) >= 11 is 0. The molecule has 2 atom stereocenters. The summed E-state index contributed by atoms with van der Waals surface area (Å²) < 4.78 is 0. The van der Waals surface area contributed by atoms with Gasteiger partial charge in [-0.25, -0.2) is 5.48 Å². The number of nitrogens with two attached hydrogens (primary N) is 1. The van der Waals surface area contributed by atoms with Crippen molar-refractivity contribution in [1.29, 1.82) is 0 Å². The Morgan fingerprint density at radius 1 is 0.938 bits per heavy atom. The Labute approximate surface area is 184 Å². The fourth-order valence-corrected chi connectivity index (χ4v) is 2.72. The van der Waals surface area contributed by atoms with Crippen molar-refractivity contribution < 1.29 is 29.5 Å². The maximum Gasteiger partial charge on any atom is 0.268 e. The van der Waals surface area contributed by atoms with Crippen molar-refractivity contribution in [2.45, 2.75) is 19.1 Å². The van der Waals surface area contributed by atoms with Crippen molar-refractivity contribution in [3.8, 4) is 11.1 Å². The maximum atomic E-state index is 12.3. The predicted octanol–water partition coefficient (Wildman–Crippen LogP) is -0.648. The molecule has 0 saturated carbocycles. The summed E-state index contributed by atoms with van der Waals surface area (Å²) in [6, 6.07) is 12.1. The molecule has 0 radical (unpaired) electrons. The van der Waals surface area contributed by atoms with Crippen LogP contribution in [0.1, 0.15) is 17.3 Å². The van der Waals surface area contributed by atoms with Crippen molar-refractivity contribution in [2.75, 3.05) is 18.4 Å². The van der Waals surface area contributed by atoms with Gasteiger partial charge < -0.3 is 26.8 Å². The van der Waals surface area contributed by atoms with Crippen LogP contribution in [0.5, 0.6) is 0 Å². The number of nitrogens with one attached hydrogen (secondary N) is 4. The number of hydrogen-bond donors (Lipinski definition) is 7. The lowest BCUT2D eigenvalue weighted by atomic mass is 10.0. The van der Waals surface area contributed by atoms with Gasteiger partial charge in [0.25, 0.3) is 11.8 Å². The zero-order valence-electron chi connectivity index (χ0n) is 17.3. The van der Waals surface area contributed by atoms with E-state index in [0.717, 1.165) is 11.1 Å². The van der Waals surface area contributed by atoms with E-state index in [1.54, 1.807) is 48.5 Å². The predicted molar refractivity (Wildman–Crippen MR) is 115 cm³/mol. The largest absolute Gasteiger partial charge is 0.391 e. The number of aliphatic hydroxyl groups excluding tert-OH is 1. The van der Waals surface area contributed by atoms with Crippen LogP contribution >= 0.6 is 0 Å². The number of anilines is 1. The van der Waals surface area contributed by atoms with Crippen LogP contribution in [-0.4, -0.2) is 59.2 Å². The molecule has 0 fully saturated rings. The van der Waals surface area contributed by atoms with Gasteiger partial charge in [-0.1, -0.05) is 24.3 Å². The molecule has 170 valence electrons. The van der Waals surface area contributed by atoms with Gasteiger partial charge in [0.15, 0.2) is 0 Å². The lowest BCUT2D eigenvalue weighted by Gasteiger charge is -2.19. The van der Waals surface area contributed by atoms with Crippen LogP contribution in [0, 0.1) is 0 Å². The fraction of sp³-hybridized carbons (Fsp3) is 0.238. The molecule has 0 bridgehead atoms. The van der Waals surface area contributed by atoms with E-state index in [0.29, 0.717) is 5.69 Å². The zero-order chi connectivity index (χ0) is 23.7. The highest BCUT2D eigenvalue weighted by molar-refractivity contribution is 5.98. The van der Waals surface area contributed by atoms with Crippen molar-refractivity contribution in [1.82, 2.24) is 16.1 Å². The molecule has 2 aromatic carbocycles. The SMILES string of the molecule is C[C@@H](O)[C@H](NC(=O)c1ccc(-c2ccc(NC(=O)CNC(=O)CN)cc2)cc1)C(=O)NO. The van der Waals surface area contributed by atoms with E-state index in [9.17, 15) is 24.3 Å². The molecular formula is C21H25N5O6. The molecule has 8 N–H and O–H groups in total. The van der Waals surface area contributed by atoms with E-state index in [-0.39, 0.29) is 24.6 Å². The van der Waals surface area contributed by atoms with E-state index < -0.39 is 29.9 Å². The Morgan fingerprint density at radius 3 is 2.00 bits per heavy atom. The number of rotatable bonds is 9. The first-order valence-electron chi connectivity index (χ1n) is 9.65. The number of amides is 4. The van der Waals surface area contributed by atoms with E-state index in [2.05, 4.69) is 16.0 Å². The van der Waals surface area contributed by atoms with Gasteiger partial charge in [-0.3, -0.25) is 24.4 Å². The molecule has 32 heavy (non-hydrogen) atoms. The van der Waals surface area contributed by atoms with Gasteiger partial charge in [-0.15, -0.1) is 0 Å². The van der Waals surface area contributed by atoms with Crippen LogP contribution < -0.4 is 27.2 Å². The number of carbonyl (C=O) groups excluding carboxylic acids is 4. The van der Waals surface area contributed by atoms with Crippen molar-refractivity contribution in [2.24, 2.45) is 5.73 Å². The molecule has 0 aliphatic rings. The standard InChI is InChI=1S/C21H25N5O6/c1-12(27)19(21(31)26-32)25-20(30)15-4-2-13(3-5-15)14-6-8-16(9-7-14)24-18(29)11-23-17(28)10-22/h2-9,12,19,27,32H,10-11,22H2,1H3,(H,23,28)(H,24,29)(H,25,30)(H,26,31)/t12-,19+/m1/s1.